The number of hydrogen-bond donors (Lipinski definition) is 0. The Bertz CT molecular complexity index is 2560. The number of rotatable bonds is 6. The van der Waals surface area contributed by atoms with E-state index in [-0.39, 0.29) is 0 Å². The Labute approximate surface area is 284 Å². The molecule has 4 heteroatoms. The van der Waals surface area contributed by atoms with Gasteiger partial charge in [0.15, 0.2) is 17.5 Å². The molecule has 2 aromatic heterocycles. The van der Waals surface area contributed by atoms with E-state index >= 15 is 0 Å². The van der Waals surface area contributed by atoms with Gasteiger partial charge >= 0.3 is 0 Å². The summed E-state index contributed by atoms with van der Waals surface area (Å²) in [5.74, 6) is 1.90. The van der Waals surface area contributed by atoms with E-state index in [1.54, 1.807) is 0 Å². The Balaban J connectivity index is 1.15. The minimum Gasteiger partial charge on any atom is -0.456 e. The van der Waals surface area contributed by atoms with E-state index in [1.807, 2.05) is 54.6 Å². The molecule has 9 aromatic rings. The highest BCUT2D eigenvalue weighted by atomic mass is 16.3. The Morgan fingerprint density at radius 2 is 0.714 bits per heavy atom. The number of hydrogen-bond acceptors (Lipinski definition) is 4. The molecule has 0 N–H and O–H groups in total. The summed E-state index contributed by atoms with van der Waals surface area (Å²) in [4.78, 5) is 14.9. The van der Waals surface area contributed by atoms with E-state index in [0.29, 0.717) is 17.5 Å². The first-order valence-electron chi connectivity index (χ1n) is 16.4. The van der Waals surface area contributed by atoms with E-state index < -0.39 is 0 Å². The highest BCUT2D eigenvalue weighted by Crippen LogP contribution is 2.40. The normalized spacial score (nSPS) is 11.3. The van der Waals surface area contributed by atoms with Crippen LogP contribution in [0.1, 0.15) is 0 Å². The zero-order valence-electron chi connectivity index (χ0n) is 26.5. The van der Waals surface area contributed by atoms with E-state index in [9.17, 15) is 0 Å². The number of para-hydroxylation sites is 1. The van der Waals surface area contributed by atoms with Crippen molar-refractivity contribution in [1.82, 2.24) is 15.0 Å². The zero-order chi connectivity index (χ0) is 32.6. The molecule has 2 heterocycles. The van der Waals surface area contributed by atoms with Crippen molar-refractivity contribution in [3.63, 3.8) is 0 Å². The summed E-state index contributed by atoms with van der Waals surface area (Å²) in [6.07, 6.45) is 0. The van der Waals surface area contributed by atoms with Gasteiger partial charge in [-0.05, 0) is 51.6 Å². The van der Waals surface area contributed by atoms with Gasteiger partial charge in [0.05, 0.1) is 0 Å². The van der Waals surface area contributed by atoms with Crippen LogP contribution < -0.4 is 0 Å². The fourth-order valence-corrected chi connectivity index (χ4v) is 6.47. The Kier molecular flexibility index (Phi) is 7.10. The second-order valence-electron chi connectivity index (χ2n) is 12.1. The smallest absolute Gasteiger partial charge is 0.164 e. The Hall–Kier alpha value is -6.65. The van der Waals surface area contributed by atoms with E-state index in [1.165, 1.54) is 5.56 Å². The van der Waals surface area contributed by atoms with E-state index in [0.717, 1.165) is 66.4 Å². The Morgan fingerprint density at radius 1 is 0.306 bits per heavy atom. The molecule has 0 aliphatic rings. The fourth-order valence-electron chi connectivity index (χ4n) is 6.47. The third kappa shape index (κ3) is 5.45. The lowest BCUT2D eigenvalue weighted by Gasteiger charge is -2.11. The zero-order valence-corrected chi connectivity index (χ0v) is 26.5. The minimum absolute atomic E-state index is 0.625. The molecular formula is C45H29N3O. The van der Waals surface area contributed by atoms with E-state index in [2.05, 4.69) is 121 Å². The first-order valence-corrected chi connectivity index (χ1v) is 16.4. The highest BCUT2D eigenvalue weighted by Gasteiger charge is 2.17. The van der Waals surface area contributed by atoms with Gasteiger partial charge in [-0.2, -0.15) is 0 Å². The molecular weight excluding hydrogens is 599 g/mol. The number of benzene rings is 7. The molecule has 0 spiro atoms. The van der Waals surface area contributed by atoms with Crippen molar-refractivity contribution in [3.8, 4) is 67.5 Å². The molecule has 7 aromatic carbocycles. The van der Waals surface area contributed by atoms with Gasteiger partial charge in [-0.3, -0.25) is 0 Å². The van der Waals surface area contributed by atoms with Crippen molar-refractivity contribution < 1.29 is 4.42 Å². The largest absolute Gasteiger partial charge is 0.456 e. The standard InChI is InChI=1S/C45H29N3O/c1-4-12-30(13-5-1)32-20-24-35(25-21-32)44-46-43(34-16-8-3-9-17-34)47-45(48-44)36-26-22-33(23-27-36)39-28-37(31-14-6-2-7-15-31)29-41-42(39)38-18-10-11-19-40(38)49-41/h1-29H. The van der Waals surface area contributed by atoms with Crippen molar-refractivity contribution >= 4 is 21.9 Å². The summed E-state index contributed by atoms with van der Waals surface area (Å²) in [5.41, 5.74) is 11.3. The molecule has 230 valence electrons. The maximum Gasteiger partial charge on any atom is 0.164 e. The third-order valence-corrected chi connectivity index (χ3v) is 8.96. The van der Waals surface area contributed by atoms with Gasteiger partial charge in [-0.1, -0.05) is 158 Å². The average molecular weight is 628 g/mol. The van der Waals surface area contributed by atoms with Gasteiger partial charge in [0.25, 0.3) is 0 Å². The monoisotopic (exact) mass is 627 g/mol. The van der Waals surface area contributed by atoms with Gasteiger partial charge < -0.3 is 4.42 Å². The summed E-state index contributed by atoms with van der Waals surface area (Å²) in [6.45, 7) is 0. The fraction of sp³-hybridized carbons (Fsp3) is 0. The molecule has 0 aliphatic carbocycles. The molecule has 49 heavy (non-hydrogen) atoms. The quantitative estimate of drug-likeness (QED) is 0.184. The van der Waals surface area contributed by atoms with Crippen LogP contribution in [0.4, 0.5) is 0 Å². The molecule has 0 atom stereocenters. The van der Waals surface area contributed by atoms with Crippen molar-refractivity contribution in [2.75, 3.05) is 0 Å². The van der Waals surface area contributed by atoms with Gasteiger partial charge in [-0.15, -0.1) is 0 Å². The molecule has 0 amide bonds. The minimum atomic E-state index is 0.625. The molecule has 4 nitrogen and oxygen atoms in total. The molecule has 0 bridgehead atoms. The second kappa shape index (κ2) is 12.2. The molecule has 0 aliphatic heterocycles. The summed E-state index contributed by atoms with van der Waals surface area (Å²) in [6, 6.07) is 60.5. The lowest BCUT2D eigenvalue weighted by Crippen LogP contribution is -2.00. The van der Waals surface area contributed by atoms with Crippen LogP contribution in [-0.2, 0) is 0 Å². The predicted molar refractivity (Wildman–Crippen MR) is 200 cm³/mol. The van der Waals surface area contributed by atoms with Gasteiger partial charge in [0.2, 0.25) is 0 Å². The van der Waals surface area contributed by atoms with Crippen LogP contribution in [-0.4, -0.2) is 15.0 Å². The first-order chi connectivity index (χ1) is 24.3. The number of fused-ring (bicyclic) bond motifs is 3. The predicted octanol–water partition coefficient (Wildman–Crippen LogP) is 11.8. The molecule has 0 saturated heterocycles. The lowest BCUT2D eigenvalue weighted by molar-refractivity contribution is 0.669. The molecule has 0 saturated carbocycles. The summed E-state index contributed by atoms with van der Waals surface area (Å²) >= 11 is 0. The summed E-state index contributed by atoms with van der Waals surface area (Å²) < 4.78 is 6.39. The van der Waals surface area contributed by atoms with Crippen LogP contribution >= 0.6 is 0 Å². The third-order valence-electron chi connectivity index (χ3n) is 8.96. The van der Waals surface area contributed by atoms with Crippen molar-refractivity contribution in [1.29, 1.82) is 0 Å². The molecule has 0 fully saturated rings. The first kappa shape index (κ1) is 28.6. The van der Waals surface area contributed by atoms with Crippen molar-refractivity contribution in [2.24, 2.45) is 0 Å². The Morgan fingerprint density at radius 3 is 1.29 bits per heavy atom. The maximum absolute atomic E-state index is 6.39. The maximum atomic E-state index is 6.39. The van der Waals surface area contributed by atoms with Gasteiger partial charge in [0, 0.05) is 27.5 Å². The molecule has 0 radical (unpaired) electrons. The SMILES string of the molecule is c1ccc(-c2ccc(-c3nc(-c4ccccc4)nc(-c4ccc(-c5cc(-c6ccccc6)cc6oc7ccccc7c56)cc4)n3)cc2)cc1. The van der Waals surface area contributed by atoms with Crippen LogP contribution in [0.2, 0.25) is 0 Å². The number of aromatic nitrogens is 3. The summed E-state index contributed by atoms with van der Waals surface area (Å²) in [5, 5.41) is 2.21. The van der Waals surface area contributed by atoms with Gasteiger partial charge in [0.1, 0.15) is 11.2 Å². The van der Waals surface area contributed by atoms with Crippen molar-refractivity contribution in [3.05, 3.63) is 176 Å². The molecule has 0 unspecified atom stereocenters. The van der Waals surface area contributed by atoms with E-state index in [4.69, 9.17) is 19.4 Å². The molecule has 9 rings (SSSR count). The number of nitrogens with zero attached hydrogens (tertiary/aromatic N) is 3. The van der Waals surface area contributed by atoms with Crippen molar-refractivity contribution in [2.45, 2.75) is 0 Å². The van der Waals surface area contributed by atoms with Crippen LogP contribution in [0.15, 0.2) is 180 Å². The second-order valence-corrected chi connectivity index (χ2v) is 12.1. The van der Waals surface area contributed by atoms with Gasteiger partial charge in [-0.25, -0.2) is 15.0 Å². The lowest BCUT2D eigenvalue weighted by atomic mass is 9.94. The number of furan rings is 1. The van der Waals surface area contributed by atoms with Crippen LogP contribution in [0.3, 0.4) is 0 Å². The van der Waals surface area contributed by atoms with Crippen LogP contribution in [0.5, 0.6) is 0 Å². The topological polar surface area (TPSA) is 51.8 Å². The summed E-state index contributed by atoms with van der Waals surface area (Å²) in [7, 11) is 0. The highest BCUT2D eigenvalue weighted by molar-refractivity contribution is 6.13. The van der Waals surface area contributed by atoms with Crippen LogP contribution in [0.25, 0.3) is 89.5 Å². The van der Waals surface area contributed by atoms with Crippen LogP contribution in [0, 0.1) is 0 Å². The average Bonchev–Trinajstić information content (AvgIpc) is 3.57.